The highest BCUT2D eigenvalue weighted by Gasteiger charge is 2.12. The van der Waals surface area contributed by atoms with Crippen LogP contribution in [0, 0.1) is 11.6 Å². The molecule has 2 aromatic heterocycles. The van der Waals surface area contributed by atoms with Crippen molar-refractivity contribution in [2.24, 2.45) is 7.05 Å². The Morgan fingerprint density at radius 3 is 2.82 bits per heavy atom. The van der Waals surface area contributed by atoms with Crippen molar-refractivity contribution in [3.05, 3.63) is 36.3 Å². The molecule has 0 amide bonds. The first kappa shape index (κ1) is 9.95. The highest BCUT2D eigenvalue weighted by Crippen LogP contribution is 2.22. The zero-order valence-corrected chi connectivity index (χ0v) is 8.91. The number of benzene rings is 1. The molecule has 17 heavy (non-hydrogen) atoms. The largest absolute Gasteiger partial charge is 0.336 e. The number of imidazole rings is 2. The Labute approximate surface area is 94.9 Å². The summed E-state index contributed by atoms with van der Waals surface area (Å²) in [6, 6.07) is 2.03. The van der Waals surface area contributed by atoms with Crippen molar-refractivity contribution in [2.45, 2.75) is 0 Å². The molecule has 1 aromatic carbocycles. The van der Waals surface area contributed by atoms with Crippen LogP contribution in [0.5, 0.6) is 0 Å². The smallest absolute Gasteiger partial charge is 0.156 e. The van der Waals surface area contributed by atoms with Crippen molar-refractivity contribution in [2.75, 3.05) is 0 Å². The standard InChI is InChI=1S/C11H8F2N4/c1-17-5-14-4-9(17)11-15-8-3-6(12)2-7(13)10(8)16-11/h2-5H,1H3,(H,15,16). The molecule has 3 aromatic rings. The molecule has 3 rings (SSSR count). The summed E-state index contributed by atoms with van der Waals surface area (Å²) in [5.41, 5.74) is 1.17. The van der Waals surface area contributed by atoms with E-state index in [1.54, 1.807) is 24.1 Å². The van der Waals surface area contributed by atoms with E-state index in [1.807, 2.05) is 0 Å². The number of hydrogen-bond acceptors (Lipinski definition) is 2. The zero-order valence-electron chi connectivity index (χ0n) is 8.91. The topological polar surface area (TPSA) is 46.5 Å². The van der Waals surface area contributed by atoms with Crippen LogP contribution in [0.15, 0.2) is 24.7 Å². The molecule has 2 heterocycles. The fourth-order valence-electron chi connectivity index (χ4n) is 1.75. The van der Waals surface area contributed by atoms with Gasteiger partial charge in [-0.05, 0) is 6.07 Å². The summed E-state index contributed by atoms with van der Waals surface area (Å²) in [5.74, 6) is -0.843. The van der Waals surface area contributed by atoms with Crippen LogP contribution in [0.4, 0.5) is 8.78 Å². The van der Waals surface area contributed by atoms with E-state index in [0.717, 1.165) is 6.07 Å². The predicted molar refractivity (Wildman–Crippen MR) is 58.2 cm³/mol. The van der Waals surface area contributed by atoms with E-state index in [4.69, 9.17) is 0 Å². The second-order valence-corrected chi connectivity index (χ2v) is 3.76. The molecule has 0 aliphatic carbocycles. The monoisotopic (exact) mass is 234 g/mol. The molecule has 0 aliphatic rings. The van der Waals surface area contributed by atoms with Crippen LogP contribution in [0.3, 0.4) is 0 Å². The lowest BCUT2D eigenvalue weighted by molar-refractivity contribution is 0.590. The van der Waals surface area contributed by atoms with Gasteiger partial charge in [0.05, 0.1) is 18.0 Å². The number of aromatic nitrogens is 4. The fourth-order valence-corrected chi connectivity index (χ4v) is 1.75. The summed E-state index contributed by atoms with van der Waals surface area (Å²) < 4.78 is 28.2. The van der Waals surface area contributed by atoms with Crippen molar-refractivity contribution in [3.8, 4) is 11.5 Å². The minimum absolute atomic E-state index is 0.127. The van der Waals surface area contributed by atoms with E-state index in [-0.39, 0.29) is 5.52 Å². The molecule has 4 nitrogen and oxygen atoms in total. The number of fused-ring (bicyclic) bond motifs is 1. The fraction of sp³-hybridized carbons (Fsp3) is 0.0909. The van der Waals surface area contributed by atoms with Gasteiger partial charge in [0, 0.05) is 13.1 Å². The van der Waals surface area contributed by atoms with Gasteiger partial charge >= 0.3 is 0 Å². The molecule has 0 aliphatic heterocycles. The lowest BCUT2D eigenvalue weighted by Crippen LogP contribution is -1.90. The van der Waals surface area contributed by atoms with Gasteiger partial charge in [-0.25, -0.2) is 18.7 Å². The number of aromatic amines is 1. The average molecular weight is 234 g/mol. The second kappa shape index (κ2) is 3.38. The maximum atomic E-state index is 13.5. The van der Waals surface area contributed by atoms with Crippen molar-refractivity contribution < 1.29 is 8.78 Å². The van der Waals surface area contributed by atoms with Gasteiger partial charge in [-0.1, -0.05) is 0 Å². The summed E-state index contributed by atoms with van der Waals surface area (Å²) in [5, 5.41) is 0. The number of H-pyrrole nitrogens is 1. The number of nitrogens with zero attached hydrogens (tertiary/aromatic N) is 3. The van der Waals surface area contributed by atoms with Gasteiger partial charge in [0.25, 0.3) is 0 Å². The molecule has 6 heteroatoms. The van der Waals surface area contributed by atoms with Crippen LogP contribution in [-0.4, -0.2) is 19.5 Å². The van der Waals surface area contributed by atoms with Gasteiger partial charge in [0.1, 0.15) is 17.0 Å². The third-order valence-corrected chi connectivity index (χ3v) is 2.56. The number of rotatable bonds is 1. The first-order valence-corrected chi connectivity index (χ1v) is 4.96. The average Bonchev–Trinajstić information content (AvgIpc) is 2.83. The van der Waals surface area contributed by atoms with Crippen molar-refractivity contribution >= 4 is 11.0 Å². The van der Waals surface area contributed by atoms with E-state index >= 15 is 0 Å². The normalized spacial score (nSPS) is 11.2. The molecule has 0 saturated heterocycles. The molecule has 0 bridgehead atoms. The van der Waals surface area contributed by atoms with Crippen molar-refractivity contribution in [1.82, 2.24) is 19.5 Å². The maximum Gasteiger partial charge on any atom is 0.156 e. The summed E-state index contributed by atoms with van der Waals surface area (Å²) in [6.45, 7) is 0. The third kappa shape index (κ3) is 1.49. The molecule has 0 fully saturated rings. The van der Waals surface area contributed by atoms with Crippen molar-refractivity contribution in [3.63, 3.8) is 0 Å². The van der Waals surface area contributed by atoms with Crippen LogP contribution in [0.2, 0.25) is 0 Å². The summed E-state index contributed by atoms with van der Waals surface area (Å²) in [4.78, 5) is 10.9. The Hall–Kier alpha value is -2.24. The number of halogens is 2. The molecular formula is C11H8F2N4. The summed E-state index contributed by atoms with van der Waals surface area (Å²) in [7, 11) is 1.80. The number of hydrogen-bond donors (Lipinski definition) is 1. The predicted octanol–water partition coefficient (Wildman–Crippen LogP) is 2.24. The van der Waals surface area contributed by atoms with E-state index in [2.05, 4.69) is 15.0 Å². The minimum atomic E-state index is -0.676. The summed E-state index contributed by atoms with van der Waals surface area (Å²) >= 11 is 0. The second-order valence-electron chi connectivity index (χ2n) is 3.76. The van der Waals surface area contributed by atoms with E-state index < -0.39 is 11.6 Å². The van der Waals surface area contributed by atoms with Crippen LogP contribution in [0.25, 0.3) is 22.6 Å². The van der Waals surface area contributed by atoms with E-state index in [9.17, 15) is 8.78 Å². The van der Waals surface area contributed by atoms with Crippen LogP contribution in [-0.2, 0) is 7.05 Å². The molecule has 1 N–H and O–H groups in total. The Bertz CT molecular complexity index is 699. The Kier molecular flexibility index (Phi) is 1.98. The third-order valence-electron chi connectivity index (χ3n) is 2.56. The van der Waals surface area contributed by atoms with E-state index in [1.165, 1.54) is 6.07 Å². The van der Waals surface area contributed by atoms with Gasteiger partial charge in [0.15, 0.2) is 11.6 Å². The Morgan fingerprint density at radius 2 is 2.12 bits per heavy atom. The van der Waals surface area contributed by atoms with Crippen LogP contribution < -0.4 is 0 Å². The zero-order chi connectivity index (χ0) is 12.0. The molecule has 0 radical (unpaired) electrons. The van der Waals surface area contributed by atoms with Crippen LogP contribution in [0.1, 0.15) is 0 Å². The van der Waals surface area contributed by atoms with E-state index in [0.29, 0.717) is 17.0 Å². The van der Waals surface area contributed by atoms with Gasteiger partial charge in [-0.3, -0.25) is 0 Å². The van der Waals surface area contributed by atoms with Crippen molar-refractivity contribution in [1.29, 1.82) is 0 Å². The number of nitrogens with one attached hydrogen (secondary N) is 1. The summed E-state index contributed by atoms with van der Waals surface area (Å²) in [6.07, 6.45) is 3.21. The maximum absolute atomic E-state index is 13.5. The Balaban J connectivity index is 2.27. The van der Waals surface area contributed by atoms with Crippen LogP contribution >= 0.6 is 0 Å². The highest BCUT2D eigenvalue weighted by molar-refractivity contribution is 5.79. The quantitative estimate of drug-likeness (QED) is 0.701. The minimum Gasteiger partial charge on any atom is -0.336 e. The van der Waals surface area contributed by atoms with Gasteiger partial charge in [-0.15, -0.1) is 0 Å². The number of aryl methyl sites for hydroxylation is 1. The van der Waals surface area contributed by atoms with Gasteiger partial charge in [-0.2, -0.15) is 0 Å². The molecule has 0 saturated carbocycles. The first-order chi connectivity index (χ1) is 8.15. The SMILES string of the molecule is Cn1cncc1-c1nc2c(F)cc(F)cc2[nH]1. The molecule has 0 unspecified atom stereocenters. The molecule has 86 valence electrons. The molecular weight excluding hydrogens is 226 g/mol. The molecule has 0 atom stereocenters. The van der Waals surface area contributed by atoms with Gasteiger partial charge in [0.2, 0.25) is 0 Å². The lowest BCUT2D eigenvalue weighted by atomic mass is 10.3. The Morgan fingerprint density at radius 1 is 1.29 bits per heavy atom. The molecule has 0 spiro atoms. The van der Waals surface area contributed by atoms with Gasteiger partial charge < -0.3 is 9.55 Å². The lowest BCUT2D eigenvalue weighted by Gasteiger charge is -1.95. The first-order valence-electron chi connectivity index (χ1n) is 4.96. The highest BCUT2D eigenvalue weighted by atomic mass is 19.1.